The van der Waals surface area contributed by atoms with E-state index in [1.54, 1.807) is 25.1 Å². The standard InChI is InChI=1S/C26H24ClN3O5/c1-4-15(3)16-7-10-23-21(12-16)29-26(35-23)18-6-9-19(27)20(13-18)28-25(31)17-8-11-24(34-5-2)22(14-17)30(32)33/h6-15H,4-5H2,1-3H3,(H,28,31). The predicted molar refractivity (Wildman–Crippen MR) is 135 cm³/mol. The number of halogens is 1. The van der Waals surface area contributed by atoms with E-state index < -0.39 is 10.8 Å². The number of aromatic nitrogens is 1. The first-order chi connectivity index (χ1) is 16.8. The first kappa shape index (κ1) is 24.2. The second-order valence-corrected chi connectivity index (χ2v) is 8.48. The van der Waals surface area contributed by atoms with Gasteiger partial charge in [0.05, 0.1) is 22.2 Å². The monoisotopic (exact) mass is 493 g/mol. The van der Waals surface area contributed by atoms with E-state index in [0.717, 1.165) is 11.9 Å². The number of hydrogen-bond acceptors (Lipinski definition) is 6. The topological polar surface area (TPSA) is 108 Å². The van der Waals surface area contributed by atoms with E-state index in [-0.39, 0.29) is 23.6 Å². The van der Waals surface area contributed by atoms with Crippen LogP contribution < -0.4 is 10.1 Å². The van der Waals surface area contributed by atoms with Crippen molar-refractivity contribution in [3.05, 3.63) is 80.9 Å². The number of rotatable bonds is 8. The first-order valence-corrected chi connectivity index (χ1v) is 11.6. The summed E-state index contributed by atoms with van der Waals surface area (Å²) in [5, 5.41) is 14.4. The van der Waals surface area contributed by atoms with Crippen LogP contribution >= 0.6 is 11.6 Å². The molecule has 1 heterocycles. The number of benzene rings is 3. The molecule has 35 heavy (non-hydrogen) atoms. The van der Waals surface area contributed by atoms with Gasteiger partial charge in [0, 0.05) is 17.2 Å². The molecule has 0 saturated carbocycles. The van der Waals surface area contributed by atoms with Crippen LogP contribution in [0, 0.1) is 10.1 Å². The zero-order chi connectivity index (χ0) is 25.1. The Labute approximate surface area is 207 Å². The van der Waals surface area contributed by atoms with Crippen LogP contribution in [-0.2, 0) is 0 Å². The van der Waals surface area contributed by atoms with E-state index >= 15 is 0 Å². The molecule has 8 nitrogen and oxygen atoms in total. The summed E-state index contributed by atoms with van der Waals surface area (Å²) in [6, 6.07) is 15.0. The Morgan fingerprint density at radius 1 is 1.17 bits per heavy atom. The molecule has 1 amide bonds. The van der Waals surface area contributed by atoms with E-state index in [0.29, 0.717) is 33.7 Å². The van der Waals surface area contributed by atoms with Gasteiger partial charge in [-0.1, -0.05) is 31.5 Å². The summed E-state index contributed by atoms with van der Waals surface area (Å²) in [5.41, 5.74) is 3.36. The van der Waals surface area contributed by atoms with Crippen molar-refractivity contribution in [2.24, 2.45) is 0 Å². The quantitative estimate of drug-likeness (QED) is 0.205. The minimum Gasteiger partial charge on any atom is -0.487 e. The maximum atomic E-state index is 12.9. The summed E-state index contributed by atoms with van der Waals surface area (Å²) < 4.78 is 11.2. The number of anilines is 1. The van der Waals surface area contributed by atoms with Gasteiger partial charge in [-0.3, -0.25) is 14.9 Å². The van der Waals surface area contributed by atoms with Gasteiger partial charge in [-0.05, 0) is 67.3 Å². The van der Waals surface area contributed by atoms with Crippen molar-refractivity contribution < 1.29 is 18.9 Å². The smallest absolute Gasteiger partial charge is 0.311 e. The van der Waals surface area contributed by atoms with Gasteiger partial charge in [0.2, 0.25) is 5.89 Å². The van der Waals surface area contributed by atoms with Gasteiger partial charge in [-0.15, -0.1) is 0 Å². The number of nitrogens with zero attached hydrogens (tertiary/aromatic N) is 2. The lowest BCUT2D eigenvalue weighted by molar-refractivity contribution is -0.385. The number of oxazole rings is 1. The van der Waals surface area contributed by atoms with Gasteiger partial charge in [-0.2, -0.15) is 0 Å². The summed E-state index contributed by atoms with van der Waals surface area (Å²) in [6.45, 7) is 6.29. The van der Waals surface area contributed by atoms with E-state index in [1.165, 1.54) is 23.8 Å². The van der Waals surface area contributed by atoms with Crippen molar-refractivity contribution in [1.29, 1.82) is 0 Å². The van der Waals surface area contributed by atoms with Gasteiger partial charge in [0.15, 0.2) is 11.3 Å². The summed E-state index contributed by atoms with van der Waals surface area (Å²) in [7, 11) is 0. The third kappa shape index (κ3) is 5.12. The highest BCUT2D eigenvalue weighted by molar-refractivity contribution is 6.34. The van der Waals surface area contributed by atoms with Gasteiger partial charge >= 0.3 is 5.69 Å². The summed E-state index contributed by atoms with van der Waals surface area (Å²) in [4.78, 5) is 28.3. The lowest BCUT2D eigenvalue weighted by Crippen LogP contribution is -2.13. The van der Waals surface area contributed by atoms with Crippen LogP contribution in [0.2, 0.25) is 5.02 Å². The van der Waals surface area contributed by atoms with E-state index in [2.05, 4.69) is 24.1 Å². The number of fused-ring (bicyclic) bond motifs is 1. The molecule has 0 aliphatic carbocycles. The van der Waals surface area contributed by atoms with Crippen molar-refractivity contribution in [1.82, 2.24) is 4.98 Å². The van der Waals surface area contributed by atoms with Crippen molar-refractivity contribution >= 4 is 40.0 Å². The number of hydrogen-bond donors (Lipinski definition) is 1. The molecule has 0 fully saturated rings. The Morgan fingerprint density at radius 2 is 1.97 bits per heavy atom. The fourth-order valence-corrected chi connectivity index (χ4v) is 3.80. The zero-order valence-corrected chi connectivity index (χ0v) is 20.3. The van der Waals surface area contributed by atoms with E-state index in [4.69, 9.17) is 20.8 Å². The number of nitrogens with one attached hydrogen (secondary N) is 1. The van der Waals surface area contributed by atoms with Crippen LogP contribution in [0.25, 0.3) is 22.6 Å². The van der Waals surface area contributed by atoms with E-state index in [9.17, 15) is 14.9 Å². The van der Waals surface area contributed by atoms with Crippen molar-refractivity contribution in [3.8, 4) is 17.2 Å². The predicted octanol–water partition coefficient (Wildman–Crippen LogP) is 7.22. The molecule has 1 N–H and O–H groups in total. The second kappa shape index (κ2) is 10.1. The molecule has 0 aliphatic rings. The van der Waals surface area contributed by atoms with Gasteiger partial charge < -0.3 is 14.5 Å². The van der Waals surface area contributed by atoms with Crippen molar-refractivity contribution in [3.63, 3.8) is 0 Å². The number of nitro benzene ring substituents is 1. The SMILES string of the molecule is CCOc1ccc(C(=O)Nc2cc(-c3nc4cc(C(C)CC)ccc4o3)ccc2Cl)cc1[N+](=O)[O-]. The molecule has 0 bridgehead atoms. The maximum Gasteiger partial charge on any atom is 0.311 e. The number of carbonyl (C=O) groups is 1. The molecule has 1 atom stereocenters. The molecule has 1 unspecified atom stereocenters. The van der Waals surface area contributed by atoms with Crippen LogP contribution in [0.3, 0.4) is 0 Å². The first-order valence-electron chi connectivity index (χ1n) is 11.2. The fraction of sp³-hybridized carbons (Fsp3) is 0.231. The molecule has 1 aromatic heterocycles. The third-order valence-electron chi connectivity index (χ3n) is 5.77. The summed E-state index contributed by atoms with van der Waals surface area (Å²) >= 11 is 6.32. The van der Waals surface area contributed by atoms with Gasteiger partial charge in [-0.25, -0.2) is 4.98 Å². The zero-order valence-electron chi connectivity index (χ0n) is 19.5. The van der Waals surface area contributed by atoms with Crippen LogP contribution in [0.4, 0.5) is 11.4 Å². The lowest BCUT2D eigenvalue weighted by atomic mass is 9.98. The molecule has 0 spiro atoms. The van der Waals surface area contributed by atoms with Gasteiger partial charge in [0.25, 0.3) is 5.91 Å². The Kier molecular flexibility index (Phi) is 7.02. The third-order valence-corrected chi connectivity index (χ3v) is 6.10. The molecule has 0 aliphatic heterocycles. The Bertz CT molecular complexity index is 1420. The van der Waals surface area contributed by atoms with Crippen molar-refractivity contribution in [2.75, 3.05) is 11.9 Å². The number of ether oxygens (including phenoxy) is 1. The molecular weight excluding hydrogens is 470 g/mol. The Balaban J connectivity index is 1.62. The number of carbonyl (C=O) groups excluding carboxylic acids is 1. The molecule has 180 valence electrons. The minimum atomic E-state index is -0.588. The van der Waals surface area contributed by atoms with Crippen LogP contribution in [0.15, 0.2) is 59.0 Å². The highest BCUT2D eigenvalue weighted by Crippen LogP contribution is 2.33. The highest BCUT2D eigenvalue weighted by atomic mass is 35.5. The van der Waals surface area contributed by atoms with Crippen molar-refractivity contribution in [2.45, 2.75) is 33.1 Å². The van der Waals surface area contributed by atoms with Gasteiger partial charge in [0.1, 0.15) is 5.52 Å². The van der Waals surface area contributed by atoms with Crippen LogP contribution in [0.1, 0.15) is 49.0 Å². The fourth-order valence-electron chi connectivity index (χ4n) is 3.64. The molecular formula is C26H24ClN3O5. The normalized spacial score (nSPS) is 11.9. The minimum absolute atomic E-state index is 0.0982. The average Bonchev–Trinajstić information content (AvgIpc) is 3.28. The Morgan fingerprint density at radius 3 is 2.69 bits per heavy atom. The number of nitro groups is 1. The second-order valence-electron chi connectivity index (χ2n) is 8.08. The molecule has 9 heteroatoms. The molecule has 0 saturated heterocycles. The van der Waals surface area contributed by atoms with Crippen LogP contribution in [0.5, 0.6) is 5.75 Å². The number of amides is 1. The summed E-state index contributed by atoms with van der Waals surface area (Å²) in [5.74, 6) is 0.355. The maximum absolute atomic E-state index is 12.9. The average molecular weight is 494 g/mol. The Hall–Kier alpha value is -3.91. The molecule has 0 radical (unpaired) electrons. The largest absolute Gasteiger partial charge is 0.487 e. The lowest BCUT2D eigenvalue weighted by Gasteiger charge is -2.10. The molecule has 4 aromatic rings. The van der Waals surface area contributed by atoms with E-state index in [1.807, 2.05) is 18.2 Å². The molecule has 3 aromatic carbocycles. The molecule has 4 rings (SSSR count). The summed E-state index contributed by atoms with van der Waals surface area (Å²) in [6.07, 6.45) is 1.02. The van der Waals surface area contributed by atoms with Crippen LogP contribution in [-0.4, -0.2) is 22.4 Å². The highest BCUT2D eigenvalue weighted by Gasteiger charge is 2.20.